The topological polar surface area (TPSA) is 48.5 Å². The molecule has 6 heteroatoms. The Bertz CT molecular complexity index is 742. The first-order chi connectivity index (χ1) is 12.6. The van der Waals surface area contributed by atoms with Crippen LogP contribution in [0.25, 0.3) is 0 Å². The fourth-order valence-electron chi connectivity index (χ4n) is 2.99. The van der Waals surface area contributed by atoms with Crippen LogP contribution in [0.5, 0.6) is 0 Å². The Balaban J connectivity index is 1.63. The highest BCUT2D eigenvalue weighted by molar-refractivity contribution is 5.95. The Morgan fingerprint density at radius 3 is 2.46 bits per heavy atom. The molecule has 1 unspecified atom stereocenters. The van der Waals surface area contributed by atoms with Gasteiger partial charge in [0.25, 0.3) is 5.91 Å². The molecular formula is C20H25FN4O. The highest BCUT2D eigenvalue weighted by Crippen LogP contribution is 2.20. The largest absolute Gasteiger partial charge is 0.368 e. The van der Waals surface area contributed by atoms with Gasteiger partial charge < -0.3 is 15.1 Å². The van der Waals surface area contributed by atoms with E-state index < -0.39 is 0 Å². The number of hydrogen-bond acceptors (Lipinski definition) is 4. The Morgan fingerprint density at radius 2 is 1.81 bits per heavy atom. The number of nitrogens with zero attached hydrogens (tertiary/aromatic N) is 3. The number of aromatic nitrogens is 1. The SMILES string of the molecule is CCC(C)NC(=O)c1ccnc(N2CCN(c3ccc(F)cc3)CC2)c1. The van der Waals surface area contributed by atoms with E-state index >= 15 is 0 Å². The third kappa shape index (κ3) is 4.31. The molecule has 138 valence electrons. The summed E-state index contributed by atoms with van der Waals surface area (Å²) in [4.78, 5) is 21.2. The molecule has 26 heavy (non-hydrogen) atoms. The van der Waals surface area contributed by atoms with Crippen molar-refractivity contribution in [1.82, 2.24) is 10.3 Å². The van der Waals surface area contributed by atoms with Crippen LogP contribution in [0.15, 0.2) is 42.6 Å². The van der Waals surface area contributed by atoms with E-state index in [1.807, 2.05) is 32.0 Å². The molecule has 1 aromatic carbocycles. The van der Waals surface area contributed by atoms with E-state index in [0.717, 1.165) is 44.1 Å². The fourth-order valence-corrected chi connectivity index (χ4v) is 2.99. The standard InChI is InChI=1S/C20H25FN4O/c1-3-15(2)23-20(26)16-8-9-22-19(14-16)25-12-10-24(11-13-25)18-6-4-17(21)5-7-18/h4-9,14-15H,3,10-13H2,1-2H3,(H,23,26). The van der Waals surface area contributed by atoms with Crippen molar-refractivity contribution in [1.29, 1.82) is 0 Å². The molecule has 1 aromatic heterocycles. The van der Waals surface area contributed by atoms with Crippen molar-refractivity contribution < 1.29 is 9.18 Å². The van der Waals surface area contributed by atoms with Crippen LogP contribution in [0.3, 0.4) is 0 Å². The van der Waals surface area contributed by atoms with Crippen molar-refractivity contribution in [2.24, 2.45) is 0 Å². The molecule has 1 saturated heterocycles. The summed E-state index contributed by atoms with van der Waals surface area (Å²) in [5.74, 6) is 0.539. The van der Waals surface area contributed by atoms with Crippen LogP contribution in [-0.2, 0) is 0 Å². The number of carbonyl (C=O) groups is 1. The molecule has 0 spiro atoms. The lowest BCUT2D eigenvalue weighted by Gasteiger charge is -2.36. The average molecular weight is 356 g/mol. The fraction of sp³-hybridized carbons (Fsp3) is 0.400. The molecule has 3 rings (SSSR count). The molecule has 0 bridgehead atoms. The molecule has 0 saturated carbocycles. The van der Waals surface area contributed by atoms with Gasteiger partial charge in [-0.3, -0.25) is 4.79 Å². The molecule has 1 atom stereocenters. The van der Waals surface area contributed by atoms with Crippen molar-refractivity contribution >= 4 is 17.4 Å². The first kappa shape index (κ1) is 18.2. The molecule has 1 N–H and O–H groups in total. The smallest absolute Gasteiger partial charge is 0.251 e. The molecule has 1 amide bonds. The maximum absolute atomic E-state index is 13.1. The predicted molar refractivity (Wildman–Crippen MR) is 102 cm³/mol. The Morgan fingerprint density at radius 1 is 1.15 bits per heavy atom. The number of piperazine rings is 1. The van der Waals surface area contributed by atoms with Gasteiger partial charge in [0, 0.05) is 49.7 Å². The first-order valence-corrected chi connectivity index (χ1v) is 9.09. The summed E-state index contributed by atoms with van der Waals surface area (Å²) in [6, 6.07) is 10.3. The number of hydrogen-bond donors (Lipinski definition) is 1. The number of amides is 1. The zero-order valence-electron chi connectivity index (χ0n) is 15.3. The molecule has 1 fully saturated rings. The van der Waals surface area contributed by atoms with Gasteiger partial charge in [-0.1, -0.05) is 6.92 Å². The number of nitrogens with one attached hydrogen (secondary N) is 1. The normalized spacial score (nSPS) is 15.7. The van der Waals surface area contributed by atoms with Crippen LogP contribution < -0.4 is 15.1 Å². The second-order valence-electron chi connectivity index (χ2n) is 6.64. The molecule has 5 nitrogen and oxygen atoms in total. The van der Waals surface area contributed by atoms with Gasteiger partial charge in [0.05, 0.1) is 0 Å². The Kier molecular flexibility index (Phi) is 5.71. The Labute approximate surface area is 153 Å². The van der Waals surface area contributed by atoms with Crippen LogP contribution in [0, 0.1) is 5.82 Å². The number of rotatable bonds is 5. The van der Waals surface area contributed by atoms with E-state index in [0.29, 0.717) is 5.56 Å². The lowest BCUT2D eigenvalue weighted by molar-refractivity contribution is 0.0939. The van der Waals surface area contributed by atoms with E-state index in [1.54, 1.807) is 12.3 Å². The maximum Gasteiger partial charge on any atom is 0.251 e. The molecular weight excluding hydrogens is 331 g/mol. The highest BCUT2D eigenvalue weighted by atomic mass is 19.1. The Hall–Kier alpha value is -2.63. The summed E-state index contributed by atoms with van der Waals surface area (Å²) in [6.45, 7) is 7.31. The van der Waals surface area contributed by atoms with Gasteiger partial charge in [-0.05, 0) is 49.7 Å². The van der Waals surface area contributed by atoms with Gasteiger partial charge in [-0.15, -0.1) is 0 Å². The first-order valence-electron chi connectivity index (χ1n) is 9.09. The highest BCUT2D eigenvalue weighted by Gasteiger charge is 2.19. The third-order valence-electron chi connectivity index (χ3n) is 4.79. The van der Waals surface area contributed by atoms with E-state index in [9.17, 15) is 9.18 Å². The molecule has 0 aliphatic carbocycles. The zero-order chi connectivity index (χ0) is 18.5. The van der Waals surface area contributed by atoms with Crippen LogP contribution in [0.1, 0.15) is 30.6 Å². The summed E-state index contributed by atoms with van der Waals surface area (Å²) in [5, 5.41) is 2.98. The van der Waals surface area contributed by atoms with E-state index in [2.05, 4.69) is 20.1 Å². The summed E-state index contributed by atoms with van der Waals surface area (Å²) >= 11 is 0. The summed E-state index contributed by atoms with van der Waals surface area (Å²) in [7, 11) is 0. The number of pyridine rings is 1. The van der Waals surface area contributed by atoms with Crippen LogP contribution in [0.4, 0.5) is 15.9 Å². The van der Waals surface area contributed by atoms with Crippen molar-refractivity contribution in [2.45, 2.75) is 26.3 Å². The molecule has 2 aromatic rings. The van der Waals surface area contributed by atoms with Gasteiger partial charge in [0.2, 0.25) is 0 Å². The van der Waals surface area contributed by atoms with Gasteiger partial charge in [-0.25, -0.2) is 9.37 Å². The minimum absolute atomic E-state index is 0.0621. The molecule has 1 aliphatic heterocycles. The van der Waals surface area contributed by atoms with Crippen molar-refractivity contribution in [2.75, 3.05) is 36.0 Å². The lowest BCUT2D eigenvalue weighted by atomic mass is 10.2. The van der Waals surface area contributed by atoms with Crippen molar-refractivity contribution in [3.05, 3.63) is 54.0 Å². The lowest BCUT2D eigenvalue weighted by Crippen LogP contribution is -2.46. The van der Waals surface area contributed by atoms with Crippen LogP contribution in [-0.4, -0.2) is 43.1 Å². The van der Waals surface area contributed by atoms with Crippen molar-refractivity contribution in [3.8, 4) is 0 Å². The van der Waals surface area contributed by atoms with E-state index in [1.165, 1.54) is 12.1 Å². The van der Waals surface area contributed by atoms with Gasteiger partial charge >= 0.3 is 0 Å². The van der Waals surface area contributed by atoms with Gasteiger partial charge in [0.1, 0.15) is 11.6 Å². The number of benzene rings is 1. The quantitative estimate of drug-likeness (QED) is 0.894. The third-order valence-corrected chi connectivity index (χ3v) is 4.79. The molecule has 1 aliphatic rings. The van der Waals surface area contributed by atoms with Crippen LogP contribution in [0.2, 0.25) is 0 Å². The van der Waals surface area contributed by atoms with Crippen LogP contribution >= 0.6 is 0 Å². The predicted octanol–water partition coefficient (Wildman–Crippen LogP) is 3.08. The second kappa shape index (κ2) is 8.17. The van der Waals surface area contributed by atoms with Gasteiger partial charge in [-0.2, -0.15) is 0 Å². The second-order valence-corrected chi connectivity index (χ2v) is 6.64. The minimum Gasteiger partial charge on any atom is -0.368 e. The maximum atomic E-state index is 13.1. The summed E-state index contributed by atoms with van der Waals surface area (Å²) < 4.78 is 13.1. The van der Waals surface area contributed by atoms with Gasteiger partial charge in [0.15, 0.2) is 0 Å². The number of carbonyl (C=O) groups excluding carboxylic acids is 1. The summed E-state index contributed by atoms with van der Waals surface area (Å²) in [5.41, 5.74) is 1.66. The van der Waals surface area contributed by atoms with E-state index in [4.69, 9.17) is 0 Å². The minimum atomic E-state index is -0.218. The van der Waals surface area contributed by atoms with Crippen molar-refractivity contribution in [3.63, 3.8) is 0 Å². The summed E-state index contributed by atoms with van der Waals surface area (Å²) in [6.07, 6.45) is 2.59. The van der Waals surface area contributed by atoms with E-state index in [-0.39, 0.29) is 17.8 Å². The average Bonchev–Trinajstić information content (AvgIpc) is 2.68. The molecule has 2 heterocycles. The molecule has 0 radical (unpaired) electrons. The monoisotopic (exact) mass is 356 g/mol. The number of anilines is 2. The zero-order valence-corrected chi connectivity index (χ0v) is 15.3. The number of halogens is 1.